The van der Waals surface area contributed by atoms with Crippen LogP contribution in [-0.4, -0.2) is 44.5 Å². The summed E-state index contributed by atoms with van der Waals surface area (Å²) in [7, 11) is 1.63. The number of carbonyl (C=O) groups is 1. The average molecular weight is 369 g/mol. The van der Waals surface area contributed by atoms with Gasteiger partial charge in [0.1, 0.15) is 11.5 Å². The molecule has 0 aromatic heterocycles. The minimum absolute atomic E-state index is 0.0964. The van der Waals surface area contributed by atoms with Gasteiger partial charge in [0.25, 0.3) is 0 Å². The van der Waals surface area contributed by atoms with Gasteiger partial charge in [-0.1, -0.05) is 6.92 Å². The van der Waals surface area contributed by atoms with E-state index in [0.29, 0.717) is 60.8 Å². The monoisotopic (exact) mass is 369 g/mol. The Labute approximate surface area is 154 Å². The average Bonchev–Trinajstić information content (AvgIpc) is 2.59. The van der Waals surface area contributed by atoms with Gasteiger partial charge in [-0.15, -0.1) is 0 Å². The van der Waals surface area contributed by atoms with E-state index in [4.69, 9.17) is 26.4 Å². The van der Waals surface area contributed by atoms with Gasteiger partial charge in [-0.05, 0) is 26.1 Å². The maximum Gasteiger partial charge on any atom is 0.224 e. The third kappa shape index (κ3) is 7.15. The van der Waals surface area contributed by atoms with Crippen molar-refractivity contribution in [2.45, 2.75) is 27.2 Å². The minimum atomic E-state index is -0.0964. The Morgan fingerprint density at radius 3 is 2.08 bits per heavy atom. The van der Waals surface area contributed by atoms with Crippen molar-refractivity contribution in [3.8, 4) is 11.5 Å². The summed E-state index contributed by atoms with van der Waals surface area (Å²) < 4.78 is 16.3. The number of methoxy groups -OCH3 is 1. The number of ether oxygens (including phenoxy) is 3. The molecule has 25 heavy (non-hydrogen) atoms. The van der Waals surface area contributed by atoms with Crippen LogP contribution in [0.5, 0.6) is 11.5 Å². The summed E-state index contributed by atoms with van der Waals surface area (Å²) in [4.78, 5) is 11.8. The van der Waals surface area contributed by atoms with E-state index in [-0.39, 0.29) is 5.91 Å². The van der Waals surface area contributed by atoms with E-state index in [1.165, 1.54) is 0 Å². The van der Waals surface area contributed by atoms with Crippen molar-refractivity contribution in [3.63, 3.8) is 0 Å². The number of rotatable bonds is 10. The molecule has 0 unspecified atom stereocenters. The van der Waals surface area contributed by atoms with Crippen molar-refractivity contribution < 1.29 is 19.0 Å². The maximum atomic E-state index is 11.8. The predicted octanol–water partition coefficient (Wildman–Crippen LogP) is 2.77. The summed E-state index contributed by atoms with van der Waals surface area (Å²) in [5.74, 6) is 1.03. The first-order chi connectivity index (χ1) is 12.0. The number of thiocarbonyl (C=S) groups is 1. The van der Waals surface area contributed by atoms with Crippen LogP contribution in [-0.2, 0) is 9.53 Å². The van der Waals surface area contributed by atoms with Crippen molar-refractivity contribution in [1.82, 2.24) is 5.32 Å². The zero-order valence-electron chi connectivity index (χ0n) is 15.2. The zero-order valence-corrected chi connectivity index (χ0v) is 16.0. The fraction of sp³-hybridized carbons (Fsp3) is 0.529. The highest BCUT2D eigenvalue weighted by Crippen LogP contribution is 2.37. The molecule has 3 N–H and O–H groups in total. The van der Waals surface area contributed by atoms with Crippen LogP contribution < -0.4 is 25.4 Å². The molecule has 0 aliphatic heterocycles. The minimum Gasteiger partial charge on any atom is -0.492 e. The SMILES string of the molecule is CCOc1cc(NC(=S)NCCOC)c(OCC)cc1NC(=O)CC. The van der Waals surface area contributed by atoms with Gasteiger partial charge in [-0.25, -0.2) is 0 Å². The van der Waals surface area contributed by atoms with Crippen LogP contribution in [0.2, 0.25) is 0 Å². The van der Waals surface area contributed by atoms with E-state index in [9.17, 15) is 4.79 Å². The summed E-state index contributed by atoms with van der Waals surface area (Å²) >= 11 is 5.28. The molecule has 8 heteroatoms. The van der Waals surface area contributed by atoms with Crippen LogP contribution in [0.1, 0.15) is 27.2 Å². The van der Waals surface area contributed by atoms with E-state index in [1.807, 2.05) is 13.8 Å². The van der Waals surface area contributed by atoms with Gasteiger partial charge < -0.3 is 30.2 Å². The summed E-state index contributed by atoms with van der Waals surface area (Å²) in [5.41, 5.74) is 1.23. The zero-order chi connectivity index (χ0) is 18.7. The van der Waals surface area contributed by atoms with E-state index < -0.39 is 0 Å². The molecule has 0 aliphatic carbocycles. The van der Waals surface area contributed by atoms with Crippen molar-refractivity contribution in [2.24, 2.45) is 0 Å². The Bertz CT molecular complexity index is 581. The summed E-state index contributed by atoms with van der Waals surface area (Å²) in [6, 6.07) is 3.51. The van der Waals surface area contributed by atoms with E-state index in [0.717, 1.165) is 0 Å². The van der Waals surface area contributed by atoms with Crippen molar-refractivity contribution in [3.05, 3.63) is 12.1 Å². The predicted molar refractivity (Wildman–Crippen MR) is 104 cm³/mol. The number of benzene rings is 1. The van der Waals surface area contributed by atoms with Crippen LogP contribution in [0.15, 0.2) is 12.1 Å². The molecule has 0 spiro atoms. The molecule has 140 valence electrons. The molecule has 0 bridgehead atoms. The molecule has 0 fully saturated rings. The first-order valence-electron chi connectivity index (χ1n) is 8.32. The topological polar surface area (TPSA) is 80.8 Å². The Hall–Kier alpha value is -2.06. The highest BCUT2D eigenvalue weighted by atomic mass is 32.1. The molecule has 1 rings (SSSR count). The normalized spacial score (nSPS) is 10.1. The molecule has 0 heterocycles. The molecule has 0 radical (unpaired) electrons. The first-order valence-corrected chi connectivity index (χ1v) is 8.73. The van der Waals surface area contributed by atoms with Crippen LogP contribution in [0.25, 0.3) is 0 Å². The van der Waals surface area contributed by atoms with Gasteiger partial charge in [0.05, 0.1) is 31.2 Å². The smallest absolute Gasteiger partial charge is 0.224 e. The third-order valence-corrected chi connectivity index (χ3v) is 3.36. The second-order valence-corrected chi connectivity index (χ2v) is 5.39. The quantitative estimate of drug-likeness (QED) is 0.432. The highest BCUT2D eigenvalue weighted by molar-refractivity contribution is 7.80. The lowest BCUT2D eigenvalue weighted by atomic mass is 10.2. The number of hydrogen-bond donors (Lipinski definition) is 3. The Morgan fingerprint density at radius 1 is 1.04 bits per heavy atom. The van der Waals surface area contributed by atoms with Gasteiger partial charge >= 0.3 is 0 Å². The Balaban J connectivity index is 3.06. The number of carbonyl (C=O) groups excluding carboxylic acids is 1. The second kappa shape index (κ2) is 11.5. The second-order valence-electron chi connectivity index (χ2n) is 4.99. The van der Waals surface area contributed by atoms with Crippen LogP contribution in [0.3, 0.4) is 0 Å². The van der Waals surface area contributed by atoms with E-state index >= 15 is 0 Å². The van der Waals surface area contributed by atoms with E-state index in [2.05, 4.69) is 16.0 Å². The number of anilines is 2. The third-order valence-electron chi connectivity index (χ3n) is 3.12. The van der Waals surface area contributed by atoms with Gasteiger partial charge in [0.15, 0.2) is 5.11 Å². The number of nitrogens with one attached hydrogen (secondary N) is 3. The molecular weight excluding hydrogens is 342 g/mol. The molecule has 1 aromatic rings. The molecule has 1 aromatic carbocycles. The largest absolute Gasteiger partial charge is 0.492 e. The van der Waals surface area contributed by atoms with Crippen molar-refractivity contribution in [2.75, 3.05) is 44.1 Å². The van der Waals surface area contributed by atoms with Gasteiger partial charge in [-0.3, -0.25) is 4.79 Å². The fourth-order valence-electron chi connectivity index (χ4n) is 1.98. The Morgan fingerprint density at radius 2 is 1.60 bits per heavy atom. The lowest BCUT2D eigenvalue weighted by molar-refractivity contribution is -0.115. The Kier molecular flexibility index (Phi) is 9.64. The number of amides is 1. The highest BCUT2D eigenvalue weighted by Gasteiger charge is 2.14. The van der Waals surface area contributed by atoms with Crippen LogP contribution in [0, 0.1) is 0 Å². The van der Waals surface area contributed by atoms with Crippen LogP contribution >= 0.6 is 12.2 Å². The molecule has 0 aliphatic rings. The van der Waals surface area contributed by atoms with E-state index in [1.54, 1.807) is 26.2 Å². The molecule has 0 saturated carbocycles. The first kappa shape index (κ1) is 21.0. The summed E-state index contributed by atoms with van der Waals surface area (Å²) in [6.45, 7) is 7.65. The molecule has 0 atom stereocenters. The van der Waals surface area contributed by atoms with Gasteiger partial charge in [-0.2, -0.15) is 0 Å². The number of hydrogen-bond acceptors (Lipinski definition) is 5. The van der Waals surface area contributed by atoms with Gasteiger partial charge in [0.2, 0.25) is 5.91 Å². The summed E-state index contributed by atoms with van der Waals surface area (Å²) in [5, 5.41) is 9.41. The lowest BCUT2D eigenvalue weighted by Gasteiger charge is -2.18. The molecule has 1 amide bonds. The summed E-state index contributed by atoms with van der Waals surface area (Å²) in [6.07, 6.45) is 0.378. The van der Waals surface area contributed by atoms with Crippen LogP contribution in [0.4, 0.5) is 11.4 Å². The van der Waals surface area contributed by atoms with Crippen molar-refractivity contribution in [1.29, 1.82) is 0 Å². The fourth-order valence-corrected chi connectivity index (χ4v) is 2.19. The maximum absolute atomic E-state index is 11.8. The standard InChI is InChI=1S/C17H27N3O4S/c1-5-16(21)19-12-10-15(24-7-3)13(11-14(12)23-6-2)20-17(25)18-8-9-22-4/h10-11H,5-9H2,1-4H3,(H,19,21)(H2,18,20,25). The van der Waals surface area contributed by atoms with Gasteiger partial charge in [0, 0.05) is 32.2 Å². The molecule has 7 nitrogen and oxygen atoms in total. The molecule has 0 saturated heterocycles. The van der Waals surface area contributed by atoms with Crippen molar-refractivity contribution >= 4 is 34.6 Å². The molecular formula is C17H27N3O4S. The lowest BCUT2D eigenvalue weighted by Crippen LogP contribution is -2.31.